The Morgan fingerprint density at radius 1 is 0.957 bits per heavy atom. The lowest BCUT2D eigenvalue weighted by Crippen LogP contribution is -2.32. The number of nitrogens with two attached hydrogens (primary N) is 1. The SMILES string of the molecule is NC(=O)CCC(O)CN(Cc1ccccc1)Cc1ccccc1. The third-order valence-corrected chi connectivity index (χ3v) is 3.69. The Morgan fingerprint density at radius 2 is 1.43 bits per heavy atom. The molecule has 0 heterocycles. The van der Waals surface area contributed by atoms with Gasteiger partial charge < -0.3 is 10.8 Å². The van der Waals surface area contributed by atoms with Crippen molar-refractivity contribution in [3.05, 3.63) is 71.8 Å². The van der Waals surface area contributed by atoms with Gasteiger partial charge in [0, 0.05) is 26.1 Å². The van der Waals surface area contributed by atoms with Crippen molar-refractivity contribution in [2.24, 2.45) is 5.73 Å². The van der Waals surface area contributed by atoms with Crippen LogP contribution in [0.3, 0.4) is 0 Å². The Labute approximate surface area is 137 Å². The molecule has 1 amide bonds. The third kappa shape index (κ3) is 6.63. The highest BCUT2D eigenvalue weighted by Crippen LogP contribution is 2.12. The van der Waals surface area contributed by atoms with Gasteiger partial charge in [0.1, 0.15) is 0 Å². The Morgan fingerprint density at radius 3 is 1.87 bits per heavy atom. The first-order valence-electron chi connectivity index (χ1n) is 7.90. The summed E-state index contributed by atoms with van der Waals surface area (Å²) in [6.07, 6.45) is 0.0519. The third-order valence-electron chi connectivity index (χ3n) is 3.69. The van der Waals surface area contributed by atoms with Gasteiger partial charge in [-0.25, -0.2) is 0 Å². The van der Waals surface area contributed by atoms with Crippen LogP contribution in [0.1, 0.15) is 24.0 Å². The number of aliphatic hydroxyl groups excluding tert-OH is 1. The quantitative estimate of drug-likeness (QED) is 0.747. The van der Waals surface area contributed by atoms with Crippen LogP contribution in [0.25, 0.3) is 0 Å². The van der Waals surface area contributed by atoms with Crippen molar-refractivity contribution < 1.29 is 9.90 Å². The number of hydrogen-bond donors (Lipinski definition) is 2. The fourth-order valence-corrected chi connectivity index (χ4v) is 2.57. The molecule has 0 saturated carbocycles. The van der Waals surface area contributed by atoms with Crippen molar-refractivity contribution in [1.82, 2.24) is 4.90 Å². The number of amides is 1. The van der Waals surface area contributed by atoms with E-state index in [1.165, 1.54) is 11.1 Å². The molecule has 0 fully saturated rings. The zero-order valence-electron chi connectivity index (χ0n) is 13.3. The summed E-state index contributed by atoms with van der Waals surface area (Å²) in [5.74, 6) is -0.373. The van der Waals surface area contributed by atoms with Crippen LogP contribution in [-0.4, -0.2) is 28.6 Å². The van der Waals surface area contributed by atoms with E-state index in [0.717, 1.165) is 13.1 Å². The number of nitrogens with zero attached hydrogens (tertiary/aromatic N) is 1. The lowest BCUT2D eigenvalue weighted by Gasteiger charge is -2.25. The fourth-order valence-electron chi connectivity index (χ4n) is 2.57. The molecule has 2 rings (SSSR count). The maximum atomic E-state index is 10.9. The summed E-state index contributed by atoms with van der Waals surface area (Å²) in [5, 5.41) is 10.2. The van der Waals surface area contributed by atoms with Crippen molar-refractivity contribution in [1.29, 1.82) is 0 Å². The number of primary amides is 1. The molecule has 122 valence electrons. The van der Waals surface area contributed by atoms with Crippen LogP contribution >= 0.6 is 0 Å². The van der Waals surface area contributed by atoms with Gasteiger partial charge in [-0.2, -0.15) is 0 Å². The molecule has 0 radical (unpaired) electrons. The van der Waals surface area contributed by atoms with E-state index in [1.807, 2.05) is 36.4 Å². The summed E-state index contributed by atoms with van der Waals surface area (Å²) in [5.41, 5.74) is 7.55. The molecule has 23 heavy (non-hydrogen) atoms. The first kappa shape index (κ1) is 17.2. The van der Waals surface area contributed by atoms with Gasteiger partial charge in [0.25, 0.3) is 0 Å². The number of aliphatic hydroxyl groups is 1. The van der Waals surface area contributed by atoms with Gasteiger partial charge in [-0.1, -0.05) is 60.7 Å². The summed E-state index contributed by atoms with van der Waals surface area (Å²) in [6, 6.07) is 20.3. The van der Waals surface area contributed by atoms with Crippen LogP contribution in [-0.2, 0) is 17.9 Å². The molecule has 0 aliphatic carbocycles. The lowest BCUT2D eigenvalue weighted by atomic mass is 10.1. The van der Waals surface area contributed by atoms with Crippen molar-refractivity contribution >= 4 is 5.91 Å². The Bertz CT molecular complexity index is 545. The minimum atomic E-state index is -0.560. The molecule has 0 bridgehead atoms. The standard InChI is InChI=1S/C19H24N2O2/c20-19(23)12-11-18(22)15-21(13-16-7-3-1-4-8-16)14-17-9-5-2-6-10-17/h1-10,18,22H,11-15H2,(H2,20,23). The average Bonchev–Trinajstić information content (AvgIpc) is 2.55. The molecule has 1 unspecified atom stereocenters. The minimum Gasteiger partial charge on any atom is -0.392 e. The highest BCUT2D eigenvalue weighted by atomic mass is 16.3. The molecule has 2 aromatic rings. The van der Waals surface area contributed by atoms with E-state index in [4.69, 9.17) is 5.73 Å². The van der Waals surface area contributed by atoms with Gasteiger partial charge >= 0.3 is 0 Å². The van der Waals surface area contributed by atoms with Crippen molar-refractivity contribution in [3.8, 4) is 0 Å². The zero-order chi connectivity index (χ0) is 16.5. The first-order chi connectivity index (χ1) is 11.1. The number of rotatable bonds is 9. The summed E-state index contributed by atoms with van der Waals surface area (Å²) in [6.45, 7) is 2.02. The van der Waals surface area contributed by atoms with E-state index in [1.54, 1.807) is 0 Å². The molecule has 0 aromatic heterocycles. The minimum absolute atomic E-state index is 0.214. The number of carbonyl (C=O) groups excluding carboxylic acids is 1. The second-order valence-electron chi connectivity index (χ2n) is 5.80. The van der Waals surface area contributed by atoms with Crippen LogP contribution in [0.4, 0.5) is 0 Å². The van der Waals surface area contributed by atoms with E-state index in [-0.39, 0.29) is 12.3 Å². The van der Waals surface area contributed by atoms with Gasteiger partial charge in [0.2, 0.25) is 5.91 Å². The molecule has 0 aliphatic heterocycles. The van der Waals surface area contributed by atoms with E-state index >= 15 is 0 Å². The number of hydrogen-bond acceptors (Lipinski definition) is 3. The summed E-state index contributed by atoms with van der Waals surface area (Å²) >= 11 is 0. The molecule has 2 aromatic carbocycles. The number of carbonyl (C=O) groups is 1. The smallest absolute Gasteiger partial charge is 0.217 e. The Balaban J connectivity index is 2.00. The molecule has 3 N–H and O–H groups in total. The molecular formula is C19H24N2O2. The predicted octanol–water partition coefficient (Wildman–Crippen LogP) is 2.32. The summed E-state index contributed by atoms with van der Waals surface area (Å²) < 4.78 is 0. The van der Waals surface area contributed by atoms with Crippen molar-refractivity contribution in [2.45, 2.75) is 32.0 Å². The van der Waals surface area contributed by atoms with Gasteiger partial charge in [-0.05, 0) is 17.5 Å². The summed E-state index contributed by atoms with van der Waals surface area (Å²) in [7, 11) is 0. The van der Waals surface area contributed by atoms with Crippen LogP contribution in [0.5, 0.6) is 0 Å². The predicted molar refractivity (Wildman–Crippen MR) is 91.4 cm³/mol. The molecule has 4 heteroatoms. The Hall–Kier alpha value is -2.17. The van der Waals surface area contributed by atoms with E-state index in [0.29, 0.717) is 13.0 Å². The molecule has 0 saturated heterocycles. The second-order valence-corrected chi connectivity index (χ2v) is 5.80. The molecule has 0 spiro atoms. The van der Waals surface area contributed by atoms with Crippen molar-refractivity contribution in [3.63, 3.8) is 0 Å². The summed E-state index contributed by atoms with van der Waals surface area (Å²) in [4.78, 5) is 13.1. The topological polar surface area (TPSA) is 66.6 Å². The van der Waals surface area contributed by atoms with Crippen molar-refractivity contribution in [2.75, 3.05) is 6.54 Å². The van der Waals surface area contributed by atoms with Crippen LogP contribution in [0, 0.1) is 0 Å². The largest absolute Gasteiger partial charge is 0.392 e. The van der Waals surface area contributed by atoms with Gasteiger partial charge in [0.05, 0.1) is 6.10 Å². The molecule has 0 aliphatic rings. The van der Waals surface area contributed by atoms with Crippen LogP contribution < -0.4 is 5.73 Å². The van der Waals surface area contributed by atoms with E-state index < -0.39 is 6.10 Å². The zero-order valence-corrected chi connectivity index (χ0v) is 13.3. The van der Waals surface area contributed by atoms with Gasteiger partial charge in [-0.15, -0.1) is 0 Å². The average molecular weight is 312 g/mol. The van der Waals surface area contributed by atoms with Crippen LogP contribution in [0.2, 0.25) is 0 Å². The fraction of sp³-hybridized carbons (Fsp3) is 0.316. The maximum Gasteiger partial charge on any atom is 0.217 e. The highest BCUT2D eigenvalue weighted by molar-refractivity contribution is 5.73. The van der Waals surface area contributed by atoms with E-state index in [2.05, 4.69) is 29.2 Å². The molecule has 1 atom stereocenters. The monoisotopic (exact) mass is 312 g/mol. The molecule has 4 nitrogen and oxygen atoms in total. The first-order valence-corrected chi connectivity index (χ1v) is 7.90. The normalized spacial score (nSPS) is 12.3. The molecular weight excluding hydrogens is 288 g/mol. The maximum absolute atomic E-state index is 10.9. The van der Waals surface area contributed by atoms with Crippen LogP contribution in [0.15, 0.2) is 60.7 Å². The van der Waals surface area contributed by atoms with E-state index in [9.17, 15) is 9.90 Å². The highest BCUT2D eigenvalue weighted by Gasteiger charge is 2.14. The Kier molecular flexibility index (Phi) is 6.78. The van der Waals surface area contributed by atoms with Gasteiger partial charge in [-0.3, -0.25) is 9.69 Å². The number of benzene rings is 2. The lowest BCUT2D eigenvalue weighted by molar-refractivity contribution is -0.118. The second kappa shape index (κ2) is 9.08. The van der Waals surface area contributed by atoms with Gasteiger partial charge in [0.15, 0.2) is 0 Å².